The van der Waals surface area contributed by atoms with Gasteiger partial charge in [0.2, 0.25) is 0 Å². The van der Waals surface area contributed by atoms with Gasteiger partial charge in [0.25, 0.3) is 0 Å². The minimum atomic E-state index is -3.13. The Bertz CT molecular complexity index is 541. The topological polar surface area (TPSA) is 66.4 Å². The number of thioether (sulfide) groups is 1. The summed E-state index contributed by atoms with van der Waals surface area (Å²) >= 11 is 1.66. The molecular weight excluding hydrogens is 306 g/mol. The summed E-state index contributed by atoms with van der Waals surface area (Å²) in [5.41, 5.74) is -0.284. The van der Waals surface area contributed by atoms with Gasteiger partial charge in [0.1, 0.15) is 0 Å². The number of hydrogen-bond donors (Lipinski definition) is 2. The fraction of sp³-hybridized carbons (Fsp3) is 0.600. The number of benzene rings is 1. The average molecular weight is 332 g/mol. The molecule has 0 aliphatic heterocycles. The molecule has 1 atom stereocenters. The fourth-order valence-corrected chi connectivity index (χ4v) is 3.82. The van der Waals surface area contributed by atoms with Gasteiger partial charge in [0.05, 0.1) is 11.5 Å². The van der Waals surface area contributed by atoms with Crippen LogP contribution in [0.15, 0.2) is 34.1 Å². The fourth-order valence-electron chi connectivity index (χ4n) is 2.07. The molecule has 0 radical (unpaired) electrons. The Morgan fingerprint density at radius 2 is 1.86 bits per heavy atom. The number of nitrogens with one attached hydrogen (secondary N) is 1. The van der Waals surface area contributed by atoms with E-state index in [0.29, 0.717) is 10.9 Å². The molecule has 0 spiro atoms. The normalized spacial score (nSPS) is 15.1. The molecule has 21 heavy (non-hydrogen) atoms. The van der Waals surface area contributed by atoms with Crippen molar-refractivity contribution in [3.63, 3.8) is 0 Å². The summed E-state index contributed by atoms with van der Waals surface area (Å²) in [6.07, 6.45) is 2.04. The number of aliphatic hydroxyl groups excluding tert-OH is 1. The van der Waals surface area contributed by atoms with Crippen LogP contribution in [0.5, 0.6) is 0 Å². The lowest BCUT2D eigenvalue weighted by atomic mass is 9.99. The van der Waals surface area contributed by atoms with Crippen molar-refractivity contribution in [2.24, 2.45) is 0 Å². The lowest BCUT2D eigenvalue weighted by molar-refractivity contribution is 0.162. The summed E-state index contributed by atoms with van der Waals surface area (Å²) in [4.78, 5) is 1.38. The first kappa shape index (κ1) is 18.5. The zero-order valence-electron chi connectivity index (χ0n) is 13.1. The van der Waals surface area contributed by atoms with E-state index in [9.17, 15) is 13.5 Å². The zero-order chi connectivity index (χ0) is 16.1. The van der Waals surface area contributed by atoms with Crippen molar-refractivity contribution >= 4 is 21.6 Å². The van der Waals surface area contributed by atoms with E-state index >= 15 is 0 Å². The molecule has 0 bridgehead atoms. The Morgan fingerprint density at radius 3 is 2.29 bits per heavy atom. The molecule has 1 rings (SSSR count). The molecule has 0 aromatic heterocycles. The van der Waals surface area contributed by atoms with Crippen LogP contribution in [0.4, 0.5) is 0 Å². The maximum atomic E-state index is 11.4. The lowest BCUT2D eigenvalue weighted by Gasteiger charge is -2.31. The van der Waals surface area contributed by atoms with Crippen LogP contribution < -0.4 is 5.32 Å². The lowest BCUT2D eigenvalue weighted by Crippen LogP contribution is -2.49. The summed E-state index contributed by atoms with van der Waals surface area (Å²) in [5, 5.41) is 12.9. The molecule has 0 fully saturated rings. The Hall–Kier alpha value is -0.560. The molecule has 1 aromatic rings. The van der Waals surface area contributed by atoms with Crippen LogP contribution in [0.25, 0.3) is 0 Å². The molecule has 0 aliphatic carbocycles. The van der Waals surface area contributed by atoms with E-state index in [0.717, 1.165) is 17.1 Å². The van der Waals surface area contributed by atoms with Gasteiger partial charge >= 0.3 is 0 Å². The second-order valence-corrected chi connectivity index (χ2v) is 9.04. The van der Waals surface area contributed by atoms with Crippen LogP contribution in [-0.2, 0) is 9.84 Å². The highest BCUT2D eigenvalue weighted by Crippen LogP contribution is 2.23. The zero-order valence-corrected chi connectivity index (χ0v) is 14.7. The minimum absolute atomic E-state index is 0.0960. The third-order valence-corrected chi connectivity index (χ3v) is 5.30. The SMILES string of the molecule is CC(C)NC(C)(CO)CCSc1ccc(S(C)(=O)=O)cc1. The molecule has 0 saturated carbocycles. The van der Waals surface area contributed by atoms with Crippen LogP contribution >= 0.6 is 11.8 Å². The smallest absolute Gasteiger partial charge is 0.175 e. The van der Waals surface area contributed by atoms with Crippen LogP contribution in [0.1, 0.15) is 27.2 Å². The van der Waals surface area contributed by atoms with Crippen molar-refractivity contribution in [2.75, 3.05) is 18.6 Å². The first-order chi connectivity index (χ1) is 9.66. The van der Waals surface area contributed by atoms with E-state index in [1.165, 1.54) is 6.26 Å². The predicted octanol–water partition coefficient (Wildman–Crippen LogP) is 2.32. The molecule has 0 saturated heterocycles. The Labute approximate surface area is 132 Å². The summed E-state index contributed by atoms with van der Waals surface area (Å²) < 4.78 is 22.8. The van der Waals surface area contributed by atoms with Gasteiger partial charge in [-0.25, -0.2) is 8.42 Å². The Balaban J connectivity index is 2.56. The molecule has 1 unspecified atom stereocenters. The van der Waals surface area contributed by atoms with Crippen LogP contribution in [0, 0.1) is 0 Å². The van der Waals surface area contributed by atoms with Crippen molar-refractivity contribution in [3.05, 3.63) is 24.3 Å². The molecular formula is C15H25NO3S2. The minimum Gasteiger partial charge on any atom is -0.394 e. The molecule has 1 aromatic carbocycles. The van der Waals surface area contributed by atoms with Crippen molar-refractivity contribution in [3.8, 4) is 0 Å². The van der Waals surface area contributed by atoms with E-state index in [-0.39, 0.29) is 12.1 Å². The van der Waals surface area contributed by atoms with E-state index in [1.54, 1.807) is 23.9 Å². The number of rotatable bonds is 8. The van der Waals surface area contributed by atoms with Gasteiger partial charge in [-0.3, -0.25) is 0 Å². The standard InChI is InChI=1S/C15H25NO3S2/c1-12(2)16-15(3,11-17)9-10-20-13-5-7-14(8-6-13)21(4,18)19/h5-8,12,16-17H,9-11H2,1-4H3. The summed E-state index contributed by atoms with van der Waals surface area (Å²) in [7, 11) is -3.13. The molecule has 0 aliphatic rings. The molecule has 6 heteroatoms. The quantitative estimate of drug-likeness (QED) is 0.716. The van der Waals surface area contributed by atoms with E-state index < -0.39 is 9.84 Å². The Kier molecular flexibility index (Phi) is 6.71. The van der Waals surface area contributed by atoms with Gasteiger partial charge in [0, 0.05) is 22.7 Å². The monoisotopic (exact) mass is 331 g/mol. The third kappa shape index (κ3) is 6.38. The number of sulfone groups is 1. The first-order valence-corrected chi connectivity index (χ1v) is 9.85. The third-order valence-electron chi connectivity index (χ3n) is 3.16. The van der Waals surface area contributed by atoms with Crippen LogP contribution in [-0.4, -0.2) is 43.7 Å². The maximum Gasteiger partial charge on any atom is 0.175 e. The van der Waals surface area contributed by atoms with Crippen molar-refractivity contribution in [2.45, 2.75) is 48.6 Å². The number of hydrogen-bond acceptors (Lipinski definition) is 5. The van der Waals surface area contributed by atoms with Crippen molar-refractivity contribution in [1.29, 1.82) is 0 Å². The van der Waals surface area contributed by atoms with E-state index in [4.69, 9.17) is 0 Å². The summed E-state index contributed by atoms with van der Waals surface area (Å²) in [5.74, 6) is 0.856. The highest BCUT2D eigenvalue weighted by molar-refractivity contribution is 7.99. The highest BCUT2D eigenvalue weighted by Gasteiger charge is 2.23. The Morgan fingerprint density at radius 1 is 1.29 bits per heavy atom. The van der Waals surface area contributed by atoms with Gasteiger partial charge in [-0.05, 0) is 43.4 Å². The summed E-state index contributed by atoms with van der Waals surface area (Å²) in [6, 6.07) is 7.24. The predicted molar refractivity (Wildman–Crippen MR) is 88.7 cm³/mol. The van der Waals surface area contributed by atoms with E-state index in [2.05, 4.69) is 19.2 Å². The van der Waals surface area contributed by atoms with Gasteiger partial charge in [-0.1, -0.05) is 13.8 Å². The first-order valence-electron chi connectivity index (χ1n) is 6.98. The van der Waals surface area contributed by atoms with Crippen molar-refractivity contribution < 1.29 is 13.5 Å². The van der Waals surface area contributed by atoms with Gasteiger partial charge in [-0.15, -0.1) is 11.8 Å². The highest BCUT2D eigenvalue weighted by atomic mass is 32.2. The van der Waals surface area contributed by atoms with Gasteiger partial charge in [-0.2, -0.15) is 0 Å². The molecule has 4 nitrogen and oxygen atoms in total. The molecule has 2 N–H and O–H groups in total. The summed E-state index contributed by atoms with van der Waals surface area (Å²) in [6.45, 7) is 6.23. The van der Waals surface area contributed by atoms with Gasteiger partial charge < -0.3 is 10.4 Å². The van der Waals surface area contributed by atoms with Crippen LogP contribution in [0.3, 0.4) is 0 Å². The van der Waals surface area contributed by atoms with E-state index in [1.807, 2.05) is 19.1 Å². The van der Waals surface area contributed by atoms with Crippen molar-refractivity contribution in [1.82, 2.24) is 5.32 Å². The van der Waals surface area contributed by atoms with Gasteiger partial charge in [0.15, 0.2) is 9.84 Å². The second-order valence-electron chi connectivity index (χ2n) is 5.86. The largest absolute Gasteiger partial charge is 0.394 e. The molecule has 0 amide bonds. The maximum absolute atomic E-state index is 11.4. The molecule has 120 valence electrons. The van der Waals surface area contributed by atoms with Crippen LogP contribution in [0.2, 0.25) is 0 Å². The number of aliphatic hydroxyl groups is 1. The second kappa shape index (κ2) is 7.63. The molecule has 0 heterocycles. The average Bonchev–Trinajstić information content (AvgIpc) is 2.37.